The molecule has 1 aromatic rings. The van der Waals surface area contributed by atoms with E-state index < -0.39 is 0 Å². The van der Waals surface area contributed by atoms with Crippen LogP contribution in [0.4, 0.5) is 0 Å². The monoisotopic (exact) mass is 331 g/mol. The van der Waals surface area contributed by atoms with Crippen molar-refractivity contribution >= 4 is 31.9 Å². The molecule has 0 radical (unpaired) electrons. The van der Waals surface area contributed by atoms with Crippen LogP contribution >= 0.6 is 31.9 Å². The van der Waals surface area contributed by atoms with Gasteiger partial charge in [0.25, 0.3) is 0 Å². The van der Waals surface area contributed by atoms with Crippen molar-refractivity contribution in [3.8, 4) is 0 Å². The van der Waals surface area contributed by atoms with Gasteiger partial charge in [0.2, 0.25) is 0 Å². The summed E-state index contributed by atoms with van der Waals surface area (Å²) in [6, 6.07) is 6.45. The Balaban J connectivity index is 1.99. The molecule has 1 aliphatic carbocycles. The lowest BCUT2D eigenvalue weighted by molar-refractivity contribution is 0.575. The molecule has 0 saturated heterocycles. The summed E-state index contributed by atoms with van der Waals surface area (Å²) in [5.74, 6) is 0.964. The Morgan fingerprint density at radius 3 is 2.33 bits per heavy atom. The molecule has 0 spiro atoms. The fourth-order valence-corrected chi connectivity index (χ4v) is 3.11. The van der Waals surface area contributed by atoms with Crippen LogP contribution < -0.4 is 5.73 Å². The van der Waals surface area contributed by atoms with E-state index in [9.17, 15) is 0 Å². The van der Waals surface area contributed by atoms with Crippen molar-refractivity contribution in [2.75, 3.05) is 0 Å². The molecule has 1 fully saturated rings. The van der Waals surface area contributed by atoms with Gasteiger partial charge in [-0.15, -0.1) is 0 Å². The van der Waals surface area contributed by atoms with Gasteiger partial charge in [-0.05, 0) is 42.5 Å². The topological polar surface area (TPSA) is 26.0 Å². The van der Waals surface area contributed by atoms with Gasteiger partial charge in [0.15, 0.2) is 0 Å². The predicted octanol–water partition coefficient (Wildman–Crippen LogP) is 4.40. The average Bonchev–Trinajstić information content (AvgIpc) is 2.96. The Morgan fingerprint density at radius 1 is 1.20 bits per heavy atom. The minimum absolute atomic E-state index is 0.180. The van der Waals surface area contributed by atoms with E-state index in [1.807, 2.05) is 6.07 Å². The molecule has 0 bridgehead atoms. The second kappa shape index (κ2) is 4.98. The van der Waals surface area contributed by atoms with Crippen LogP contribution in [0.15, 0.2) is 27.1 Å². The van der Waals surface area contributed by atoms with Gasteiger partial charge in [-0.25, -0.2) is 0 Å². The molecule has 1 aromatic carbocycles. The summed E-state index contributed by atoms with van der Waals surface area (Å²) in [5, 5.41) is 0. The largest absolute Gasteiger partial charge is 0.324 e. The van der Waals surface area contributed by atoms with Crippen molar-refractivity contribution in [2.24, 2.45) is 11.7 Å². The quantitative estimate of drug-likeness (QED) is 0.868. The van der Waals surface area contributed by atoms with E-state index in [1.165, 1.54) is 24.8 Å². The molecule has 1 saturated carbocycles. The number of halogens is 2. The highest BCUT2D eigenvalue weighted by molar-refractivity contribution is 9.11. The maximum absolute atomic E-state index is 6.17. The molecule has 3 heteroatoms. The van der Waals surface area contributed by atoms with Crippen molar-refractivity contribution in [3.05, 3.63) is 32.7 Å². The number of rotatable bonds is 4. The van der Waals surface area contributed by atoms with E-state index in [0.29, 0.717) is 0 Å². The van der Waals surface area contributed by atoms with Crippen LogP contribution in [-0.2, 0) is 0 Å². The summed E-state index contributed by atoms with van der Waals surface area (Å²) >= 11 is 6.98. The third kappa shape index (κ3) is 3.58. The molecule has 15 heavy (non-hydrogen) atoms. The highest BCUT2D eigenvalue weighted by Gasteiger charge is 2.22. The number of hydrogen-bond donors (Lipinski definition) is 1. The smallest absolute Gasteiger partial charge is 0.0295 e. The number of benzene rings is 1. The minimum atomic E-state index is 0.180. The van der Waals surface area contributed by atoms with Crippen molar-refractivity contribution in [2.45, 2.75) is 31.7 Å². The van der Waals surface area contributed by atoms with Crippen molar-refractivity contribution < 1.29 is 0 Å². The zero-order valence-electron chi connectivity index (χ0n) is 8.55. The van der Waals surface area contributed by atoms with E-state index in [2.05, 4.69) is 44.0 Å². The fraction of sp³-hybridized carbons (Fsp3) is 0.500. The molecule has 1 atom stereocenters. The molecule has 1 unspecified atom stereocenters. The highest BCUT2D eigenvalue weighted by Crippen LogP contribution is 2.35. The van der Waals surface area contributed by atoms with Gasteiger partial charge >= 0.3 is 0 Å². The zero-order valence-corrected chi connectivity index (χ0v) is 11.7. The van der Waals surface area contributed by atoms with Gasteiger partial charge in [-0.2, -0.15) is 0 Å². The minimum Gasteiger partial charge on any atom is -0.324 e. The summed E-state index contributed by atoms with van der Waals surface area (Å²) in [6.45, 7) is 0. The van der Waals surface area contributed by atoms with E-state index in [0.717, 1.165) is 21.3 Å². The van der Waals surface area contributed by atoms with Gasteiger partial charge in [-0.3, -0.25) is 0 Å². The Morgan fingerprint density at radius 2 is 1.80 bits per heavy atom. The lowest BCUT2D eigenvalue weighted by atomic mass is 10.0. The predicted molar refractivity (Wildman–Crippen MR) is 70.7 cm³/mol. The maximum atomic E-state index is 6.17. The molecular formula is C12H15Br2N. The number of hydrogen-bond acceptors (Lipinski definition) is 1. The maximum Gasteiger partial charge on any atom is 0.0295 e. The molecule has 1 nitrogen and oxygen atoms in total. The second-order valence-corrected chi connectivity index (χ2v) is 6.16. The van der Waals surface area contributed by atoms with E-state index in [4.69, 9.17) is 5.73 Å². The van der Waals surface area contributed by atoms with Gasteiger partial charge in [0, 0.05) is 15.0 Å². The molecule has 82 valence electrons. The van der Waals surface area contributed by atoms with Crippen LogP contribution in [0.2, 0.25) is 0 Å². The van der Waals surface area contributed by atoms with Crippen molar-refractivity contribution in [3.63, 3.8) is 0 Å². The van der Waals surface area contributed by atoms with Crippen LogP contribution in [0.3, 0.4) is 0 Å². The first-order chi connectivity index (χ1) is 7.15. The van der Waals surface area contributed by atoms with E-state index >= 15 is 0 Å². The van der Waals surface area contributed by atoms with E-state index in [-0.39, 0.29) is 6.04 Å². The Labute approximate surface area is 108 Å². The fourth-order valence-electron chi connectivity index (χ4n) is 1.78. The van der Waals surface area contributed by atoms with Gasteiger partial charge in [0.1, 0.15) is 0 Å². The zero-order chi connectivity index (χ0) is 10.8. The second-order valence-electron chi connectivity index (χ2n) is 4.33. The summed E-state index contributed by atoms with van der Waals surface area (Å²) in [7, 11) is 0. The third-order valence-electron chi connectivity index (χ3n) is 2.90. The summed E-state index contributed by atoms with van der Waals surface area (Å²) in [4.78, 5) is 0. The molecule has 2 rings (SSSR count). The third-order valence-corrected chi connectivity index (χ3v) is 3.81. The molecule has 0 amide bonds. The Kier molecular flexibility index (Phi) is 3.86. The molecule has 0 aliphatic heterocycles. The van der Waals surface area contributed by atoms with Gasteiger partial charge < -0.3 is 5.73 Å². The Hall–Kier alpha value is 0.140. The Bertz CT molecular complexity index is 327. The SMILES string of the molecule is NC(CCC1CC1)c1cc(Br)cc(Br)c1. The molecule has 0 heterocycles. The van der Waals surface area contributed by atoms with Crippen molar-refractivity contribution in [1.29, 1.82) is 0 Å². The molecule has 1 aliphatic rings. The van der Waals surface area contributed by atoms with Crippen LogP contribution in [0, 0.1) is 5.92 Å². The first-order valence-electron chi connectivity index (χ1n) is 5.37. The van der Waals surface area contributed by atoms with Crippen LogP contribution in [0.5, 0.6) is 0 Å². The first kappa shape index (κ1) is 11.6. The number of nitrogens with two attached hydrogens (primary N) is 1. The van der Waals surface area contributed by atoms with Crippen LogP contribution in [0.25, 0.3) is 0 Å². The molecule has 2 N–H and O–H groups in total. The summed E-state index contributed by atoms with van der Waals surface area (Å²) in [5.41, 5.74) is 7.39. The highest BCUT2D eigenvalue weighted by atomic mass is 79.9. The lowest BCUT2D eigenvalue weighted by Crippen LogP contribution is -2.10. The van der Waals surface area contributed by atoms with Gasteiger partial charge in [0.05, 0.1) is 0 Å². The van der Waals surface area contributed by atoms with E-state index in [1.54, 1.807) is 0 Å². The van der Waals surface area contributed by atoms with Gasteiger partial charge in [-0.1, -0.05) is 44.7 Å². The normalized spacial score (nSPS) is 17.8. The standard InChI is InChI=1S/C12H15Br2N/c13-10-5-9(6-11(14)7-10)12(15)4-3-8-1-2-8/h5-8,12H,1-4,15H2. The lowest BCUT2D eigenvalue weighted by Gasteiger charge is -2.12. The van der Waals surface area contributed by atoms with Crippen LogP contribution in [0.1, 0.15) is 37.3 Å². The average molecular weight is 333 g/mol. The van der Waals surface area contributed by atoms with Crippen molar-refractivity contribution in [1.82, 2.24) is 0 Å². The summed E-state index contributed by atoms with van der Waals surface area (Å²) in [6.07, 6.45) is 5.21. The molecule has 0 aromatic heterocycles. The molecular weight excluding hydrogens is 318 g/mol. The first-order valence-corrected chi connectivity index (χ1v) is 6.95. The summed E-state index contributed by atoms with van der Waals surface area (Å²) < 4.78 is 2.18. The van der Waals surface area contributed by atoms with Crippen LogP contribution in [-0.4, -0.2) is 0 Å².